The van der Waals surface area contributed by atoms with E-state index in [4.69, 9.17) is 16.6 Å². The molecule has 7 heteroatoms. The number of imidazole rings is 1. The normalized spacial score (nSPS) is 10.7. The smallest absolute Gasteiger partial charge is 0.187 e. The molecule has 0 saturated heterocycles. The first-order valence-electron chi connectivity index (χ1n) is 7.54. The van der Waals surface area contributed by atoms with E-state index in [0.717, 1.165) is 33.5 Å². The fourth-order valence-corrected chi connectivity index (χ4v) is 3.52. The van der Waals surface area contributed by atoms with Crippen molar-refractivity contribution in [3.05, 3.63) is 64.3 Å². The fourth-order valence-electron chi connectivity index (χ4n) is 2.65. The maximum Gasteiger partial charge on any atom is 0.187 e. The third-order valence-corrected chi connectivity index (χ3v) is 4.79. The summed E-state index contributed by atoms with van der Waals surface area (Å²) < 4.78 is 1.99. The standard InChI is InChI=1S/C18H15ClN4S.BrH/c1-11-3-6-14(7-4-11)21-18-22-15(10-24-18)17-12(2)20-16-8-5-13(19)9-23(16)17;/h3-10H,1-2H3,(H,21,22);1H. The molecule has 0 radical (unpaired) electrons. The highest BCUT2D eigenvalue weighted by atomic mass is 79.9. The topological polar surface area (TPSA) is 42.2 Å². The molecule has 1 aromatic carbocycles. The molecule has 0 amide bonds. The van der Waals surface area contributed by atoms with E-state index in [1.807, 2.05) is 35.0 Å². The summed E-state index contributed by atoms with van der Waals surface area (Å²) in [5, 5.41) is 6.91. The van der Waals surface area contributed by atoms with Crippen LogP contribution in [0.25, 0.3) is 17.0 Å². The van der Waals surface area contributed by atoms with Crippen molar-refractivity contribution in [2.45, 2.75) is 13.8 Å². The predicted octanol–water partition coefficient (Wildman–Crippen LogP) is 6.05. The summed E-state index contributed by atoms with van der Waals surface area (Å²) in [5.41, 5.74) is 5.93. The number of aryl methyl sites for hydroxylation is 2. The molecule has 0 aliphatic carbocycles. The molecule has 0 unspecified atom stereocenters. The van der Waals surface area contributed by atoms with Crippen molar-refractivity contribution in [3.63, 3.8) is 0 Å². The van der Waals surface area contributed by atoms with Crippen LogP contribution in [0.3, 0.4) is 0 Å². The highest BCUT2D eigenvalue weighted by molar-refractivity contribution is 8.93. The molecule has 25 heavy (non-hydrogen) atoms. The average Bonchev–Trinajstić information content (AvgIpc) is 3.12. The molecule has 0 spiro atoms. The Hall–Kier alpha value is -1.89. The number of fused-ring (bicyclic) bond motifs is 1. The largest absolute Gasteiger partial charge is 0.332 e. The summed E-state index contributed by atoms with van der Waals surface area (Å²) in [6.07, 6.45) is 1.87. The minimum absolute atomic E-state index is 0. The number of benzene rings is 1. The van der Waals surface area contributed by atoms with Crippen LogP contribution < -0.4 is 5.32 Å². The number of nitrogens with zero attached hydrogens (tertiary/aromatic N) is 3. The van der Waals surface area contributed by atoms with E-state index in [1.165, 1.54) is 5.56 Å². The van der Waals surface area contributed by atoms with Gasteiger partial charge in [0.25, 0.3) is 0 Å². The Kier molecular flexibility index (Phi) is 5.13. The molecule has 4 nitrogen and oxygen atoms in total. The number of pyridine rings is 1. The van der Waals surface area contributed by atoms with Gasteiger partial charge in [0.15, 0.2) is 5.13 Å². The Balaban J connectivity index is 0.00000182. The highest BCUT2D eigenvalue weighted by Gasteiger charge is 2.14. The number of nitrogens with one attached hydrogen (secondary N) is 1. The van der Waals surface area contributed by atoms with Crippen LogP contribution in [0.5, 0.6) is 0 Å². The minimum Gasteiger partial charge on any atom is -0.332 e. The molecule has 1 N–H and O–H groups in total. The second kappa shape index (κ2) is 7.15. The predicted molar refractivity (Wildman–Crippen MR) is 111 cm³/mol. The van der Waals surface area contributed by atoms with E-state index < -0.39 is 0 Å². The summed E-state index contributed by atoms with van der Waals surface area (Å²) >= 11 is 7.71. The maximum absolute atomic E-state index is 6.13. The lowest BCUT2D eigenvalue weighted by molar-refractivity contribution is 1.17. The summed E-state index contributed by atoms with van der Waals surface area (Å²) in [6, 6.07) is 12.0. The van der Waals surface area contributed by atoms with Crippen molar-refractivity contribution in [2.24, 2.45) is 0 Å². The number of rotatable bonds is 3. The van der Waals surface area contributed by atoms with Gasteiger partial charge in [-0.15, -0.1) is 28.3 Å². The van der Waals surface area contributed by atoms with Crippen molar-refractivity contribution in [1.29, 1.82) is 0 Å². The number of thiazole rings is 1. The average molecular weight is 436 g/mol. The molecule has 0 bridgehead atoms. The van der Waals surface area contributed by atoms with Crippen LogP contribution in [0.2, 0.25) is 5.02 Å². The molecule has 3 heterocycles. The summed E-state index contributed by atoms with van der Waals surface area (Å²) in [7, 11) is 0. The SMILES string of the molecule is Br.Cc1ccc(Nc2nc(-c3c(C)nc4ccc(Cl)cn34)cs2)cc1. The highest BCUT2D eigenvalue weighted by Crippen LogP contribution is 2.30. The molecule has 0 saturated carbocycles. The first-order chi connectivity index (χ1) is 11.6. The van der Waals surface area contributed by atoms with E-state index in [9.17, 15) is 0 Å². The van der Waals surface area contributed by atoms with Crippen LogP contribution in [0.15, 0.2) is 48.0 Å². The molecule has 4 rings (SSSR count). The van der Waals surface area contributed by atoms with Crippen molar-refractivity contribution >= 4 is 56.4 Å². The van der Waals surface area contributed by atoms with E-state index in [-0.39, 0.29) is 17.0 Å². The van der Waals surface area contributed by atoms with Crippen LogP contribution in [0.4, 0.5) is 10.8 Å². The summed E-state index contributed by atoms with van der Waals surface area (Å²) in [4.78, 5) is 9.30. The second-order valence-corrected chi connectivity index (χ2v) is 6.94. The number of anilines is 2. The Bertz CT molecular complexity index is 1020. The van der Waals surface area contributed by atoms with E-state index in [1.54, 1.807) is 11.3 Å². The Morgan fingerprint density at radius 3 is 2.56 bits per heavy atom. The Morgan fingerprint density at radius 2 is 1.80 bits per heavy atom. The molecule has 128 valence electrons. The van der Waals surface area contributed by atoms with Gasteiger partial charge < -0.3 is 5.32 Å². The van der Waals surface area contributed by atoms with Crippen LogP contribution in [-0.2, 0) is 0 Å². The molecule has 3 aromatic heterocycles. The van der Waals surface area contributed by atoms with Gasteiger partial charge in [-0.1, -0.05) is 29.3 Å². The Labute approximate surface area is 165 Å². The quantitative estimate of drug-likeness (QED) is 0.426. The minimum atomic E-state index is 0. The lowest BCUT2D eigenvalue weighted by atomic mass is 10.2. The second-order valence-electron chi connectivity index (χ2n) is 5.65. The third-order valence-electron chi connectivity index (χ3n) is 3.81. The van der Waals surface area contributed by atoms with Crippen LogP contribution in [0, 0.1) is 13.8 Å². The number of halogens is 2. The van der Waals surface area contributed by atoms with Gasteiger partial charge in [-0.2, -0.15) is 0 Å². The molecular formula is C18H16BrClN4S. The molecule has 4 aromatic rings. The lowest BCUT2D eigenvalue weighted by Gasteiger charge is -2.03. The van der Waals surface area contributed by atoms with E-state index in [2.05, 4.69) is 41.5 Å². The molecule has 0 atom stereocenters. The molecule has 0 fully saturated rings. The van der Waals surface area contributed by atoms with Gasteiger partial charge in [0.2, 0.25) is 0 Å². The zero-order valence-electron chi connectivity index (χ0n) is 13.7. The van der Waals surface area contributed by atoms with E-state index >= 15 is 0 Å². The number of aromatic nitrogens is 3. The molecule has 0 aliphatic heterocycles. The van der Waals surface area contributed by atoms with Gasteiger partial charge in [-0.3, -0.25) is 4.40 Å². The lowest BCUT2D eigenvalue weighted by Crippen LogP contribution is -1.92. The van der Waals surface area contributed by atoms with Gasteiger partial charge >= 0.3 is 0 Å². The zero-order chi connectivity index (χ0) is 16.7. The van der Waals surface area contributed by atoms with Gasteiger partial charge in [0.05, 0.1) is 16.4 Å². The Morgan fingerprint density at radius 1 is 1.04 bits per heavy atom. The molecule has 0 aliphatic rings. The summed E-state index contributed by atoms with van der Waals surface area (Å²) in [5.74, 6) is 0. The first kappa shape index (κ1) is 17.9. The monoisotopic (exact) mass is 434 g/mol. The van der Waals surface area contributed by atoms with Gasteiger partial charge in [0, 0.05) is 17.3 Å². The number of hydrogen-bond donors (Lipinski definition) is 1. The van der Waals surface area contributed by atoms with Crippen LogP contribution in [-0.4, -0.2) is 14.4 Å². The van der Waals surface area contributed by atoms with Crippen LogP contribution >= 0.6 is 39.9 Å². The van der Waals surface area contributed by atoms with Crippen molar-refractivity contribution in [1.82, 2.24) is 14.4 Å². The third kappa shape index (κ3) is 3.56. The van der Waals surface area contributed by atoms with Gasteiger partial charge in [-0.05, 0) is 38.1 Å². The van der Waals surface area contributed by atoms with Crippen LogP contribution in [0.1, 0.15) is 11.3 Å². The maximum atomic E-state index is 6.13. The zero-order valence-corrected chi connectivity index (χ0v) is 16.9. The first-order valence-corrected chi connectivity index (χ1v) is 8.80. The number of hydrogen-bond acceptors (Lipinski definition) is 4. The fraction of sp³-hybridized carbons (Fsp3) is 0.111. The van der Waals surface area contributed by atoms with Gasteiger partial charge in [0.1, 0.15) is 11.3 Å². The van der Waals surface area contributed by atoms with Crippen molar-refractivity contribution in [2.75, 3.05) is 5.32 Å². The van der Waals surface area contributed by atoms with Crippen molar-refractivity contribution < 1.29 is 0 Å². The molecular weight excluding hydrogens is 420 g/mol. The van der Waals surface area contributed by atoms with Gasteiger partial charge in [-0.25, -0.2) is 9.97 Å². The van der Waals surface area contributed by atoms with Crippen molar-refractivity contribution in [3.8, 4) is 11.4 Å². The van der Waals surface area contributed by atoms with E-state index in [0.29, 0.717) is 5.02 Å². The summed E-state index contributed by atoms with van der Waals surface area (Å²) in [6.45, 7) is 4.06.